The highest BCUT2D eigenvalue weighted by atomic mass is 16.5. The van der Waals surface area contributed by atoms with E-state index in [1.807, 2.05) is 0 Å². The molecule has 7 nitrogen and oxygen atoms in total. The van der Waals surface area contributed by atoms with Crippen molar-refractivity contribution in [3.8, 4) is 0 Å². The zero-order valence-corrected chi connectivity index (χ0v) is 10.2. The summed E-state index contributed by atoms with van der Waals surface area (Å²) in [4.78, 5) is 33.1. The molecule has 7 heteroatoms. The van der Waals surface area contributed by atoms with Gasteiger partial charge in [0.1, 0.15) is 6.04 Å². The molecule has 0 bridgehead atoms. The molecule has 0 aromatic heterocycles. The molecule has 0 radical (unpaired) electrons. The topological polar surface area (TPSA) is 93.7 Å². The second kappa shape index (κ2) is 8.51. The molecule has 2 N–H and O–H groups in total. The predicted molar refractivity (Wildman–Crippen MR) is 59.1 cm³/mol. The Morgan fingerprint density at radius 1 is 1.29 bits per heavy atom. The number of ether oxygens (including phenoxy) is 2. The van der Waals surface area contributed by atoms with Gasteiger partial charge in [-0.15, -0.1) is 0 Å². The van der Waals surface area contributed by atoms with Crippen LogP contribution in [-0.4, -0.2) is 50.7 Å². The summed E-state index contributed by atoms with van der Waals surface area (Å²) in [5.74, 6) is -1.34. The summed E-state index contributed by atoms with van der Waals surface area (Å²) in [7, 11) is 1.22. The van der Waals surface area contributed by atoms with Crippen LogP contribution in [0.1, 0.15) is 13.8 Å². The molecule has 0 aromatic carbocycles. The number of carbonyl (C=O) groups is 3. The standard InChI is InChI=1S/C10H18N2O5/c1-4-17-9(14)6-11-5-8(10(15)16-3)12-7(2)13/h8,11H,4-6H2,1-3H3,(H,12,13). The van der Waals surface area contributed by atoms with Gasteiger partial charge in [-0.1, -0.05) is 0 Å². The van der Waals surface area contributed by atoms with E-state index < -0.39 is 18.0 Å². The first-order chi connectivity index (χ1) is 8.01. The number of rotatable bonds is 7. The Balaban J connectivity index is 4.03. The number of nitrogens with one attached hydrogen (secondary N) is 2. The number of hydrogen-bond donors (Lipinski definition) is 2. The van der Waals surface area contributed by atoms with Gasteiger partial charge >= 0.3 is 11.9 Å². The van der Waals surface area contributed by atoms with Crippen molar-refractivity contribution in [2.24, 2.45) is 0 Å². The maximum atomic E-state index is 11.3. The second-order valence-electron chi connectivity index (χ2n) is 3.21. The highest BCUT2D eigenvalue weighted by Crippen LogP contribution is 1.87. The molecular formula is C10H18N2O5. The summed E-state index contributed by atoms with van der Waals surface area (Å²) in [6, 6.07) is -0.813. The van der Waals surface area contributed by atoms with Crippen molar-refractivity contribution in [2.75, 3.05) is 26.8 Å². The third-order valence-electron chi connectivity index (χ3n) is 1.79. The minimum absolute atomic E-state index is 0.0269. The number of methoxy groups -OCH3 is 1. The highest BCUT2D eigenvalue weighted by Gasteiger charge is 2.19. The number of hydrogen-bond acceptors (Lipinski definition) is 6. The smallest absolute Gasteiger partial charge is 0.329 e. The number of amides is 1. The predicted octanol–water partition coefficient (Wildman–Crippen LogP) is -1.18. The Morgan fingerprint density at radius 2 is 1.94 bits per heavy atom. The van der Waals surface area contributed by atoms with E-state index in [2.05, 4.69) is 20.1 Å². The molecule has 17 heavy (non-hydrogen) atoms. The van der Waals surface area contributed by atoms with Crippen molar-refractivity contribution >= 4 is 17.8 Å². The van der Waals surface area contributed by atoms with Gasteiger partial charge in [-0.05, 0) is 6.92 Å². The lowest BCUT2D eigenvalue weighted by molar-refractivity contribution is -0.145. The fraction of sp³-hybridized carbons (Fsp3) is 0.700. The average molecular weight is 246 g/mol. The monoisotopic (exact) mass is 246 g/mol. The summed E-state index contributed by atoms with van der Waals surface area (Å²) >= 11 is 0. The van der Waals surface area contributed by atoms with Crippen LogP contribution in [0.25, 0.3) is 0 Å². The molecule has 1 atom stereocenters. The summed E-state index contributed by atoms with van der Waals surface area (Å²) < 4.78 is 9.20. The van der Waals surface area contributed by atoms with Gasteiger partial charge in [-0.3, -0.25) is 9.59 Å². The van der Waals surface area contributed by atoms with E-state index in [-0.39, 0.29) is 19.0 Å². The molecule has 0 aliphatic heterocycles. The minimum Gasteiger partial charge on any atom is -0.467 e. The van der Waals surface area contributed by atoms with Crippen LogP contribution in [0, 0.1) is 0 Å². The Hall–Kier alpha value is -1.63. The van der Waals surface area contributed by atoms with E-state index in [1.54, 1.807) is 6.92 Å². The first-order valence-corrected chi connectivity index (χ1v) is 5.22. The van der Waals surface area contributed by atoms with Gasteiger partial charge < -0.3 is 20.1 Å². The van der Waals surface area contributed by atoms with Gasteiger partial charge in [0.2, 0.25) is 5.91 Å². The molecule has 0 aliphatic carbocycles. The average Bonchev–Trinajstić information content (AvgIpc) is 2.26. The van der Waals surface area contributed by atoms with Crippen LogP contribution in [0.4, 0.5) is 0 Å². The van der Waals surface area contributed by atoms with Gasteiger partial charge in [-0.25, -0.2) is 4.79 Å². The van der Waals surface area contributed by atoms with Crippen LogP contribution >= 0.6 is 0 Å². The Morgan fingerprint density at radius 3 is 2.41 bits per heavy atom. The molecule has 0 saturated carbocycles. The van der Waals surface area contributed by atoms with Crippen molar-refractivity contribution < 1.29 is 23.9 Å². The van der Waals surface area contributed by atoms with Crippen LogP contribution in [0.2, 0.25) is 0 Å². The third-order valence-corrected chi connectivity index (χ3v) is 1.79. The van der Waals surface area contributed by atoms with Crippen molar-refractivity contribution in [3.05, 3.63) is 0 Å². The lowest BCUT2D eigenvalue weighted by atomic mass is 10.3. The van der Waals surface area contributed by atoms with E-state index >= 15 is 0 Å². The van der Waals surface area contributed by atoms with Gasteiger partial charge in [-0.2, -0.15) is 0 Å². The Labute approximate surface area is 99.8 Å². The molecule has 0 spiro atoms. The highest BCUT2D eigenvalue weighted by molar-refractivity contribution is 5.83. The second-order valence-corrected chi connectivity index (χ2v) is 3.21. The largest absolute Gasteiger partial charge is 0.467 e. The molecule has 0 aromatic rings. The SMILES string of the molecule is CCOC(=O)CNCC(NC(C)=O)C(=O)OC. The Kier molecular flexibility index (Phi) is 7.70. The number of carbonyl (C=O) groups excluding carboxylic acids is 3. The molecule has 0 aliphatic rings. The maximum Gasteiger partial charge on any atom is 0.329 e. The van der Waals surface area contributed by atoms with E-state index in [0.29, 0.717) is 6.61 Å². The first-order valence-electron chi connectivity index (χ1n) is 5.22. The molecule has 1 unspecified atom stereocenters. The van der Waals surface area contributed by atoms with Crippen LogP contribution in [0.15, 0.2) is 0 Å². The summed E-state index contributed by atoms with van der Waals surface area (Å²) in [5.41, 5.74) is 0. The van der Waals surface area contributed by atoms with Crippen LogP contribution in [0.3, 0.4) is 0 Å². The fourth-order valence-corrected chi connectivity index (χ4v) is 1.11. The lowest BCUT2D eigenvalue weighted by Crippen LogP contribution is -2.48. The fourth-order valence-electron chi connectivity index (χ4n) is 1.11. The van der Waals surface area contributed by atoms with E-state index in [0.717, 1.165) is 0 Å². The van der Waals surface area contributed by atoms with E-state index in [1.165, 1.54) is 14.0 Å². The van der Waals surface area contributed by atoms with Gasteiger partial charge in [0, 0.05) is 13.5 Å². The lowest BCUT2D eigenvalue weighted by Gasteiger charge is -2.15. The zero-order valence-electron chi connectivity index (χ0n) is 10.2. The summed E-state index contributed by atoms with van der Waals surface area (Å²) in [6.45, 7) is 3.37. The molecule has 0 heterocycles. The molecular weight excluding hydrogens is 228 g/mol. The molecule has 0 rings (SSSR count). The van der Waals surface area contributed by atoms with Crippen molar-refractivity contribution in [1.29, 1.82) is 0 Å². The minimum atomic E-state index is -0.813. The molecule has 1 amide bonds. The molecule has 0 fully saturated rings. The summed E-state index contributed by atoms with van der Waals surface area (Å²) in [6.07, 6.45) is 0. The van der Waals surface area contributed by atoms with Crippen molar-refractivity contribution in [1.82, 2.24) is 10.6 Å². The normalized spacial score (nSPS) is 11.5. The molecule has 98 valence electrons. The van der Waals surface area contributed by atoms with Crippen molar-refractivity contribution in [2.45, 2.75) is 19.9 Å². The molecule has 0 saturated heterocycles. The maximum absolute atomic E-state index is 11.3. The number of esters is 2. The van der Waals surface area contributed by atoms with Crippen LogP contribution in [-0.2, 0) is 23.9 Å². The zero-order chi connectivity index (χ0) is 13.3. The first kappa shape index (κ1) is 15.4. The van der Waals surface area contributed by atoms with Crippen molar-refractivity contribution in [3.63, 3.8) is 0 Å². The van der Waals surface area contributed by atoms with E-state index in [4.69, 9.17) is 0 Å². The van der Waals surface area contributed by atoms with Crippen LogP contribution in [0.5, 0.6) is 0 Å². The van der Waals surface area contributed by atoms with Crippen LogP contribution < -0.4 is 10.6 Å². The van der Waals surface area contributed by atoms with Gasteiger partial charge in [0.15, 0.2) is 0 Å². The summed E-state index contributed by atoms with van der Waals surface area (Å²) in [5, 5.41) is 5.11. The van der Waals surface area contributed by atoms with Gasteiger partial charge in [0.25, 0.3) is 0 Å². The quantitative estimate of drug-likeness (QED) is 0.549. The third kappa shape index (κ3) is 7.29. The van der Waals surface area contributed by atoms with E-state index in [9.17, 15) is 14.4 Å². The Bertz CT molecular complexity index is 280. The van der Waals surface area contributed by atoms with Gasteiger partial charge in [0.05, 0.1) is 20.3 Å².